The molecule has 0 unspecified atom stereocenters. The van der Waals surface area contributed by atoms with Gasteiger partial charge < -0.3 is 24.4 Å². The maximum atomic E-state index is 12.9. The van der Waals surface area contributed by atoms with Crippen LogP contribution in [0.1, 0.15) is 39.7 Å². The minimum atomic E-state index is -1.01. The highest BCUT2D eigenvalue weighted by molar-refractivity contribution is 6.31. The van der Waals surface area contributed by atoms with E-state index in [0.29, 0.717) is 54.1 Å². The van der Waals surface area contributed by atoms with Crippen LogP contribution in [0.2, 0.25) is 5.02 Å². The molecule has 0 saturated carbocycles. The Morgan fingerprint density at radius 1 is 1.09 bits per heavy atom. The largest absolute Gasteiger partial charge is 0.490 e. The fourth-order valence-corrected chi connectivity index (χ4v) is 3.83. The summed E-state index contributed by atoms with van der Waals surface area (Å²) in [5.41, 5.74) is 0.608. The predicted molar refractivity (Wildman–Crippen MR) is 129 cm³/mol. The normalized spacial score (nSPS) is 14.3. The SMILES string of the molecule is CCOc1ccc(CCNC(=O)CCN2C(=O)C(C)(C)Oc3ccc(Cl)cc32)cc1OCC. The standard InChI is InChI=1S/C25H31ClN2O5/c1-5-31-21-9-7-17(15-22(21)32-6-2)11-13-27-23(29)12-14-28-19-16-18(26)8-10-20(19)33-25(3,4)24(28)30/h7-10,15-16H,5-6,11-14H2,1-4H3,(H,27,29). The third kappa shape index (κ3) is 6.11. The van der Waals surface area contributed by atoms with Gasteiger partial charge in [-0.15, -0.1) is 0 Å². The molecule has 2 aromatic rings. The molecule has 3 rings (SSSR count). The molecule has 1 aliphatic rings. The van der Waals surface area contributed by atoms with Gasteiger partial charge in [0.25, 0.3) is 5.91 Å². The zero-order valence-corrected chi connectivity index (χ0v) is 20.3. The van der Waals surface area contributed by atoms with Crippen molar-refractivity contribution in [2.45, 2.75) is 46.1 Å². The second-order valence-corrected chi connectivity index (χ2v) is 8.61. The number of amides is 2. The summed E-state index contributed by atoms with van der Waals surface area (Å²) in [6, 6.07) is 10.9. The van der Waals surface area contributed by atoms with Gasteiger partial charge in [0.05, 0.1) is 18.9 Å². The van der Waals surface area contributed by atoms with Crippen molar-refractivity contribution in [2.24, 2.45) is 0 Å². The number of nitrogens with one attached hydrogen (secondary N) is 1. The highest BCUT2D eigenvalue weighted by Gasteiger charge is 2.40. The van der Waals surface area contributed by atoms with Crippen LogP contribution in [0.15, 0.2) is 36.4 Å². The van der Waals surface area contributed by atoms with E-state index in [1.165, 1.54) is 0 Å². The number of ether oxygens (including phenoxy) is 3. The second kappa shape index (κ2) is 10.8. The van der Waals surface area contributed by atoms with Crippen LogP contribution in [0.3, 0.4) is 0 Å². The summed E-state index contributed by atoms with van der Waals surface area (Å²) in [5.74, 6) is 1.65. The van der Waals surface area contributed by atoms with Gasteiger partial charge in [0.2, 0.25) is 5.91 Å². The number of carbonyl (C=O) groups is 2. The van der Waals surface area contributed by atoms with Gasteiger partial charge in [0, 0.05) is 24.5 Å². The summed E-state index contributed by atoms with van der Waals surface area (Å²) in [7, 11) is 0. The maximum absolute atomic E-state index is 12.9. The lowest BCUT2D eigenvalue weighted by Gasteiger charge is -2.38. The van der Waals surface area contributed by atoms with E-state index in [0.717, 1.165) is 5.56 Å². The lowest BCUT2D eigenvalue weighted by Crippen LogP contribution is -2.53. The van der Waals surface area contributed by atoms with E-state index >= 15 is 0 Å². The molecule has 0 aliphatic carbocycles. The Hall–Kier alpha value is -2.93. The topological polar surface area (TPSA) is 77.1 Å². The lowest BCUT2D eigenvalue weighted by molar-refractivity contribution is -0.132. The van der Waals surface area contributed by atoms with Crippen molar-refractivity contribution < 1.29 is 23.8 Å². The summed E-state index contributed by atoms with van der Waals surface area (Å²) >= 11 is 6.12. The van der Waals surface area contributed by atoms with E-state index < -0.39 is 5.60 Å². The van der Waals surface area contributed by atoms with E-state index in [9.17, 15) is 9.59 Å². The summed E-state index contributed by atoms with van der Waals surface area (Å²) in [5, 5.41) is 3.43. The number of benzene rings is 2. The Bertz CT molecular complexity index is 1010. The molecule has 8 heteroatoms. The summed E-state index contributed by atoms with van der Waals surface area (Å²) in [6.07, 6.45) is 0.821. The molecule has 1 N–H and O–H groups in total. The third-order valence-corrected chi connectivity index (χ3v) is 5.48. The lowest BCUT2D eigenvalue weighted by atomic mass is 10.0. The van der Waals surface area contributed by atoms with Gasteiger partial charge >= 0.3 is 0 Å². The molecule has 1 aliphatic heterocycles. The van der Waals surface area contributed by atoms with Crippen molar-refractivity contribution in [3.63, 3.8) is 0 Å². The van der Waals surface area contributed by atoms with E-state index in [2.05, 4.69) is 5.32 Å². The van der Waals surface area contributed by atoms with Crippen LogP contribution >= 0.6 is 11.6 Å². The Kier molecular flexibility index (Phi) is 8.08. The van der Waals surface area contributed by atoms with Gasteiger partial charge in [-0.2, -0.15) is 0 Å². The zero-order chi connectivity index (χ0) is 24.0. The van der Waals surface area contributed by atoms with Gasteiger partial charge in [0.15, 0.2) is 17.1 Å². The first-order valence-electron chi connectivity index (χ1n) is 11.2. The van der Waals surface area contributed by atoms with E-state index in [-0.39, 0.29) is 24.8 Å². The molecule has 2 amide bonds. The monoisotopic (exact) mass is 474 g/mol. The van der Waals surface area contributed by atoms with Crippen LogP contribution in [-0.4, -0.2) is 43.7 Å². The number of nitrogens with zero attached hydrogens (tertiary/aromatic N) is 1. The van der Waals surface area contributed by atoms with E-state index in [4.69, 9.17) is 25.8 Å². The molecule has 0 spiro atoms. The van der Waals surface area contributed by atoms with Gasteiger partial charge in [-0.05, 0) is 70.0 Å². The number of rotatable bonds is 10. The van der Waals surface area contributed by atoms with Gasteiger partial charge in [-0.1, -0.05) is 17.7 Å². The molecule has 0 saturated heterocycles. The summed E-state index contributed by atoms with van der Waals surface area (Å²) < 4.78 is 17.1. The number of hydrogen-bond donors (Lipinski definition) is 1. The second-order valence-electron chi connectivity index (χ2n) is 8.18. The number of halogens is 1. The maximum Gasteiger partial charge on any atom is 0.270 e. The van der Waals surface area contributed by atoms with E-state index in [1.54, 1.807) is 36.9 Å². The van der Waals surface area contributed by atoms with Crippen molar-refractivity contribution in [1.82, 2.24) is 5.32 Å². The molecule has 1 heterocycles. The number of carbonyl (C=O) groups excluding carboxylic acids is 2. The van der Waals surface area contributed by atoms with Gasteiger partial charge in [0.1, 0.15) is 5.75 Å². The van der Waals surface area contributed by atoms with Crippen molar-refractivity contribution in [3.05, 3.63) is 47.0 Å². The number of hydrogen-bond acceptors (Lipinski definition) is 5. The molecule has 2 aromatic carbocycles. The van der Waals surface area contributed by atoms with Crippen molar-refractivity contribution in [1.29, 1.82) is 0 Å². The molecule has 33 heavy (non-hydrogen) atoms. The zero-order valence-electron chi connectivity index (χ0n) is 19.6. The third-order valence-electron chi connectivity index (χ3n) is 5.24. The Balaban J connectivity index is 1.56. The molecule has 0 bridgehead atoms. The van der Waals surface area contributed by atoms with Crippen molar-refractivity contribution >= 4 is 29.1 Å². The molecular formula is C25H31ClN2O5. The van der Waals surface area contributed by atoms with Crippen LogP contribution in [0, 0.1) is 0 Å². The molecule has 0 radical (unpaired) electrons. The molecule has 7 nitrogen and oxygen atoms in total. The molecule has 0 aromatic heterocycles. The molecule has 0 fully saturated rings. The van der Waals surface area contributed by atoms with Crippen LogP contribution in [0.5, 0.6) is 17.2 Å². The average molecular weight is 475 g/mol. The first kappa shape index (κ1) is 24.7. The van der Waals surface area contributed by atoms with E-state index in [1.807, 2.05) is 32.0 Å². The first-order valence-corrected chi connectivity index (χ1v) is 11.6. The van der Waals surface area contributed by atoms with Crippen LogP contribution in [-0.2, 0) is 16.0 Å². The minimum absolute atomic E-state index is 0.133. The average Bonchev–Trinajstić information content (AvgIpc) is 2.76. The predicted octanol–water partition coefficient (Wildman–Crippen LogP) is 4.39. The fourth-order valence-electron chi connectivity index (χ4n) is 3.66. The fraction of sp³-hybridized carbons (Fsp3) is 0.440. The van der Waals surface area contributed by atoms with Crippen molar-refractivity contribution in [2.75, 3.05) is 31.2 Å². The molecule has 178 valence electrons. The summed E-state index contributed by atoms with van der Waals surface area (Å²) in [6.45, 7) is 9.11. The smallest absolute Gasteiger partial charge is 0.270 e. The highest BCUT2D eigenvalue weighted by atomic mass is 35.5. The number of anilines is 1. The van der Waals surface area contributed by atoms with Gasteiger partial charge in [-0.25, -0.2) is 0 Å². The quantitative estimate of drug-likeness (QED) is 0.552. The first-order chi connectivity index (χ1) is 15.7. The Labute approximate surface area is 200 Å². The van der Waals surface area contributed by atoms with Gasteiger partial charge in [-0.3, -0.25) is 9.59 Å². The Morgan fingerprint density at radius 2 is 1.82 bits per heavy atom. The molecule has 0 atom stereocenters. The van der Waals surface area contributed by atoms with Crippen LogP contribution in [0.4, 0.5) is 5.69 Å². The van der Waals surface area contributed by atoms with Crippen molar-refractivity contribution in [3.8, 4) is 17.2 Å². The number of fused-ring (bicyclic) bond motifs is 1. The minimum Gasteiger partial charge on any atom is -0.490 e. The Morgan fingerprint density at radius 3 is 2.55 bits per heavy atom. The highest BCUT2D eigenvalue weighted by Crippen LogP contribution is 2.39. The molecular weight excluding hydrogens is 444 g/mol. The van der Waals surface area contributed by atoms with Crippen LogP contribution < -0.4 is 24.4 Å². The van der Waals surface area contributed by atoms with Crippen LogP contribution in [0.25, 0.3) is 0 Å². The summed E-state index contributed by atoms with van der Waals surface area (Å²) in [4.78, 5) is 27.0.